The number of nitrogens with two attached hydrogens (primary N) is 1. The number of unbranched alkanes of at least 4 members (excludes halogenated alkanes) is 8. The van der Waals surface area contributed by atoms with Crippen LogP contribution in [-0.4, -0.2) is 116 Å². The molecule has 3 aromatic rings. The van der Waals surface area contributed by atoms with Gasteiger partial charge in [0.25, 0.3) is 11.8 Å². The van der Waals surface area contributed by atoms with Crippen molar-refractivity contribution in [3.05, 3.63) is 103 Å². The van der Waals surface area contributed by atoms with Crippen LogP contribution in [0.25, 0.3) is 0 Å². The predicted octanol–water partition coefficient (Wildman–Crippen LogP) is 6.74. The third-order valence-corrected chi connectivity index (χ3v) is 13.5. The van der Waals surface area contributed by atoms with Crippen molar-refractivity contribution in [2.45, 2.75) is 116 Å². The summed E-state index contributed by atoms with van der Waals surface area (Å²) in [7, 11) is 1.61. The number of carbonyl (C=O) groups is 5. The first-order valence-corrected chi connectivity index (χ1v) is 26.0. The fourth-order valence-electron chi connectivity index (χ4n) is 9.35. The van der Waals surface area contributed by atoms with Gasteiger partial charge in [-0.25, -0.2) is 4.99 Å². The van der Waals surface area contributed by atoms with Crippen molar-refractivity contribution in [1.29, 1.82) is 0 Å². The van der Waals surface area contributed by atoms with E-state index in [4.69, 9.17) is 20.5 Å². The molecule has 17 nitrogen and oxygen atoms in total. The molecular weight excluding hydrogens is 925 g/mol. The number of hydrogen-bond donors (Lipinski definition) is 6. The Labute approximate surface area is 430 Å². The Hall–Kier alpha value is -6.85. The highest BCUT2D eigenvalue weighted by atomic mass is 16.5. The number of piperazine rings is 1. The van der Waals surface area contributed by atoms with Gasteiger partial charge in [-0.1, -0.05) is 107 Å². The molecule has 0 spiro atoms. The van der Waals surface area contributed by atoms with E-state index in [9.17, 15) is 29.1 Å². The Balaban J connectivity index is 0.845. The van der Waals surface area contributed by atoms with Gasteiger partial charge in [0.1, 0.15) is 23.7 Å². The number of aliphatic hydroxyl groups excluding tert-OH is 1. The fourth-order valence-corrected chi connectivity index (χ4v) is 9.35. The summed E-state index contributed by atoms with van der Waals surface area (Å²) in [4.78, 5) is 79.8. The topological polar surface area (TPSA) is 223 Å². The summed E-state index contributed by atoms with van der Waals surface area (Å²) in [5.74, 6) is 0.203. The van der Waals surface area contributed by atoms with E-state index in [1.54, 1.807) is 42.4 Å². The van der Waals surface area contributed by atoms with Gasteiger partial charge in [-0.3, -0.25) is 28.9 Å². The Kier molecular flexibility index (Phi) is 21.1. The van der Waals surface area contributed by atoms with E-state index in [0.717, 1.165) is 74.6 Å². The van der Waals surface area contributed by atoms with E-state index >= 15 is 0 Å². The largest absolute Gasteiger partial charge is 0.494 e. The third kappa shape index (κ3) is 16.3. The highest BCUT2D eigenvalue weighted by molar-refractivity contribution is 6.27. The maximum atomic E-state index is 13.4. The number of carbonyl (C=O) groups excluding carboxylic acids is 5. The Morgan fingerprint density at radius 3 is 2.26 bits per heavy atom. The van der Waals surface area contributed by atoms with Crippen molar-refractivity contribution >= 4 is 64.1 Å². The van der Waals surface area contributed by atoms with Crippen molar-refractivity contribution in [2.75, 3.05) is 66.8 Å². The summed E-state index contributed by atoms with van der Waals surface area (Å²) < 4.78 is 5.82. The van der Waals surface area contributed by atoms with Gasteiger partial charge in [-0.05, 0) is 80.5 Å². The molecule has 4 atom stereocenters. The van der Waals surface area contributed by atoms with Crippen LogP contribution in [-0.2, 0) is 30.4 Å². The number of fused-ring (bicyclic) bond motifs is 1. The monoisotopic (exact) mass is 1000 g/mol. The molecule has 6 rings (SSSR count). The molecular formula is C56H76N10O7. The van der Waals surface area contributed by atoms with Crippen LogP contribution in [0, 0.1) is 11.8 Å². The molecule has 7 N–H and O–H groups in total. The zero-order valence-corrected chi connectivity index (χ0v) is 43.1. The third-order valence-electron chi connectivity index (χ3n) is 13.5. The highest BCUT2D eigenvalue weighted by Gasteiger charge is 2.36. The van der Waals surface area contributed by atoms with Crippen LogP contribution in [0.1, 0.15) is 97.0 Å². The van der Waals surface area contributed by atoms with Crippen molar-refractivity contribution in [2.24, 2.45) is 27.6 Å². The lowest BCUT2D eigenvalue weighted by molar-refractivity contribution is -0.135. The molecule has 3 aliphatic heterocycles. The summed E-state index contributed by atoms with van der Waals surface area (Å²) in [5, 5.41) is 22.4. The molecule has 0 radical (unpaired) electrons. The normalized spacial score (nSPS) is 16.8. The number of anilines is 4. The Bertz CT molecular complexity index is 2470. The van der Waals surface area contributed by atoms with Crippen molar-refractivity contribution < 1.29 is 33.8 Å². The molecule has 17 heteroatoms. The van der Waals surface area contributed by atoms with Crippen LogP contribution in [0.3, 0.4) is 0 Å². The Morgan fingerprint density at radius 2 is 1.58 bits per heavy atom. The van der Waals surface area contributed by atoms with Gasteiger partial charge < -0.3 is 46.6 Å². The number of amidine groups is 1. The molecule has 3 aliphatic rings. The van der Waals surface area contributed by atoms with Crippen LogP contribution in [0.4, 0.5) is 22.7 Å². The minimum atomic E-state index is -1.42. The number of methoxy groups -OCH3 is 1. The number of hydrogen-bond acceptors (Lipinski definition) is 12. The lowest BCUT2D eigenvalue weighted by atomic mass is 9.93. The van der Waals surface area contributed by atoms with Crippen LogP contribution in [0.2, 0.25) is 0 Å². The SMILES string of the molecule is C=CC(=O)Nc1cccc(N2C(=O)C=C(C)C3CN=C(Nc4ccc(N5CCN(C(=O)CCCCCCCCCCCNC(=O)C(CC(C)C)NC(=O)C(O)C(N)Cc6ccccc6)CC5)cc4OC)N=C32)c1. The lowest BCUT2D eigenvalue weighted by Crippen LogP contribution is -2.54. The number of guanidine groups is 1. The van der Waals surface area contributed by atoms with Gasteiger partial charge in [0.15, 0.2) is 0 Å². The van der Waals surface area contributed by atoms with Crippen molar-refractivity contribution in [3.63, 3.8) is 0 Å². The highest BCUT2D eigenvalue weighted by Crippen LogP contribution is 2.33. The second-order valence-electron chi connectivity index (χ2n) is 19.6. The smallest absolute Gasteiger partial charge is 0.256 e. The van der Waals surface area contributed by atoms with E-state index in [1.807, 2.05) is 74.2 Å². The molecule has 0 bridgehead atoms. The number of ether oxygens (including phenoxy) is 1. The molecule has 0 aromatic heterocycles. The molecule has 3 heterocycles. The van der Waals surface area contributed by atoms with Crippen molar-refractivity contribution in [1.82, 2.24) is 15.5 Å². The first-order valence-electron chi connectivity index (χ1n) is 26.0. The zero-order chi connectivity index (χ0) is 52.3. The first-order chi connectivity index (χ1) is 35.2. The quantitative estimate of drug-likeness (QED) is 0.0367. The lowest BCUT2D eigenvalue weighted by Gasteiger charge is -2.36. The van der Waals surface area contributed by atoms with Gasteiger partial charge in [0, 0.05) is 68.7 Å². The van der Waals surface area contributed by atoms with E-state index in [1.165, 1.54) is 6.08 Å². The molecule has 73 heavy (non-hydrogen) atoms. The summed E-state index contributed by atoms with van der Waals surface area (Å²) in [6, 6.07) is 20.9. The molecule has 392 valence electrons. The number of nitrogens with zero attached hydrogens (tertiary/aromatic N) is 5. The average Bonchev–Trinajstić information content (AvgIpc) is 3.38. The van der Waals surface area contributed by atoms with Crippen LogP contribution >= 0.6 is 0 Å². The van der Waals surface area contributed by atoms with Gasteiger partial charge in [0.2, 0.25) is 23.7 Å². The summed E-state index contributed by atoms with van der Waals surface area (Å²) >= 11 is 0. The van der Waals surface area contributed by atoms with E-state index in [-0.39, 0.29) is 35.5 Å². The average molecular weight is 1000 g/mol. The number of rotatable bonds is 26. The van der Waals surface area contributed by atoms with Gasteiger partial charge in [-0.2, -0.15) is 4.99 Å². The number of amides is 5. The summed E-state index contributed by atoms with van der Waals surface area (Å²) in [5.41, 5.74) is 10.7. The molecule has 0 saturated carbocycles. The number of aliphatic imine (C=N–C) groups is 2. The van der Waals surface area contributed by atoms with Crippen LogP contribution in [0.5, 0.6) is 5.75 Å². The van der Waals surface area contributed by atoms with Gasteiger partial charge >= 0.3 is 0 Å². The van der Waals surface area contributed by atoms with Crippen LogP contribution < -0.4 is 41.5 Å². The van der Waals surface area contributed by atoms with E-state index in [2.05, 4.69) is 32.7 Å². The minimum Gasteiger partial charge on any atom is -0.494 e. The predicted molar refractivity (Wildman–Crippen MR) is 290 cm³/mol. The van der Waals surface area contributed by atoms with Gasteiger partial charge in [0.05, 0.1) is 30.9 Å². The molecule has 4 unspecified atom stereocenters. The second kappa shape index (κ2) is 27.8. The molecule has 3 aromatic carbocycles. The number of benzene rings is 3. The van der Waals surface area contributed by atoms with E-state index < -0.39 is 24.1 Å². The molecule has 0 aliphatic carbocycles. The maximum absolute atomic E-state index is 13.4. The van der Waals surface area contributed by atoms with Gasteiger partial charge in [-0.15, -0.1) is 0 Å². The maximum Gasteiger partial charge on any atom is 0.256 e. The fraction of sp³-hybridized carbons (Fsp3) is 0.482. The summed E-state index contributed by atoms with van der Waals surface area (Å²) in [6.07, 6.45) is 12.1. The van der Waals surface area contributed by atoms with Crippen molar-refractivity contribution in [3.8, 4) is 5.75 Å². The number of nitrogens with one attached hydrogen (secondary N) is 4. The number of aliphatic hydroxyl groups is 1. The van der Waals surface area contributed by atoms with E-state index in [0.29, 0.717) is 93.1 Å². The molecule has 1 saturated heterocycles. The first kappa shape index (κ1) is 55.5. The Morgan fingerprint density at radius 1 is 0.877 bits per heavy atom. The standard InChI is InChI=1S/C56H76N10O7/c1-6-49(67)60-41-22-19-23-43(35-41)66-51(69)33-39(4)44-37-59-56(63-53(44)66)62-46-26-25-42(36-48(46)73-5)64-28-30-65(31-29-64)50(68)24-17-12-10-8-7-9-11-13-18-27-58-54(71)47(32-38(2)3)61-55(72)52(70)45(57)34-40-20-15-14-16-21-40/h6,14-16,19-23,25-26,33,35-36,38,44-45,47,52,70H,1,7-13,17-18,24,27-32,34,37,57H2,2-5H3,(H,58,71)(H,59,62)(H,60,67)(H,61,72). The minimum absolute atomic E-state index is 0.168. The molecule has 5 amide bonds. The second-order valence-corrected chi connectivity index (χ2v) is 19.6. The van der Waals surface area contributed by atoms with Crippen LogP contribution in [0.15, 0.2) is 107 Å². The zero-order valence-electron chi connectivity index (χ0n) is 43.1. The summed E-state index contributed by atoms with van der Waals surface area (Å²) in [6.45, 7) is 13.0. The molecule has 1 fully saturated rings.